The molecule has 0 aliphatic carbocycles. The normalized spacial score (nSPS) is 12.0. The molecule has 0 saturated carbocycles. The van der Waals surface area contributed by atoms with Gasteiger partial charge in [0.1, 0.15) is 5.82 Å². The molecule has 1 amide bonds. The Labute approximate surface area is 129 Å². The van der Waals surface area contributed by atoms with Gasteiger partial charge in [0.15, 0.2) is 0 Å². The first kappa shape index (κ1) is 16.4. The third-order valence-electron chi connectivity index (χ3n) is 3.27. The number of sulfonamides is 1. The first-order valence-electron chi connectivity index (χ1n) is 6.90. The lowest BCUT2D eigenvalue weighted by atomic mass is 10.1. The van der Waals surface area contributed by atoms with E-state index in [-0.39, 0.29) is 24.6 Å². The molecule has 1 heterocycles. The van der Waals surface area contributed by atoms with E-state index in [0.29, 0.717) is 0 Å². The molecule has 1 aromatic carbocycles. The van der Waals surface area contributed by atoms with E-state index in [1.165, 1.54) is 14.1 Å². The topological polar surface area (TPSA) is 95.2 Å². The van der Waals surface area contributed by atoms with E-state index in [1.807, 2.05) is 25.1 Å². The molecule has 0 unspecified atom stereocenters. The summed E-state index contributed by atoms with van der Waals surface area (Å²) in [6.45, 7) is 1.97. The number of imidazole rings is 1. The molecule has 0 aliphatic rings. The summed E-state index contributed by atoms with van der Waals surface area (Å²) in [5, 5.41) is 2.62. The van der Waals surface area contributed by atoms with E-state index in [1.54, 1.807) is 0 Å². The number of carbonyl (C=O) groups is 1. The van der Waals surface area contributed by atoms with E-state index in [4.69, 9.17) is 0 Å². The quantitative estimate of drug-likeness (QED) is 0.805. The molecule has 2 aromatic rings. The van der Waals surface area contributed by atoms with E-state index in [0.717, 1.165) is 26.7 Å². The lowest BCUT2D eigenvalue weighted by molar-refractivity contribution is -0.120. The molecular formula is C14H20N4O3S. The molecule has 0 fully saturated rings. The molecule has 0 saturated heterocycles. The minimum atomic E-state index is -3.29. The van der Waals surface area contributed by atoms with E-state index < -0.39 is 10.0 Å². The fourth-order valence-corrected chi connectivity index (χ4v) is 2.77. The molecular weight excluding hydrogens is 304 g/mol. The predicted octanol–water partition coefficient (Wildman–Crippen LogP) is 0.421. The van der Waals surface area contributed by atoms with Crippen LogP contribution < -0.4 is 5.32 Å². The minimum Gasteiger partial charge on any atom is -0.355 e. The molecule has 0 atom stereocenters. The van der Waals surface area contributed by atoms with E-state index in [9.17, 15) is 13.2 Å². The number of nitrogens with one attached hydrogen (secondary N) is 2. The minimum absolute atomic E-state index is 0.102. The number of benzene rings is 1. The van der Waals surface area contributed by atoms with Crippen molar-refractivity contribution >= 4 is 27.0 Å². The van der Waals surface area contributed by atoms with Gasteiger partial charge in [-0.3, -0.25) is 4.79 Å². The van der Waals surface area contributed by atoms with Gasteiger partial charge in [-0.1, -0.05) is 6.07 Å². The van der Waals surface area contributed by atoms with Crippen LogP contribution in [0.5, 0.6) is 0 Å². The number of aromatic amines is 1. The zero-order valence-electron chi connectivity index (χ0n) is 12.9. The molecule has 0 radical (unpaired) electrons. The molecule has 1 aromatic heterocycles. The van der Waals surface area contributed by atoms with Crippen LogP contribution in [0.15, 0.2) is 18.2 Å². The number of amides is 1. The summed E-state index contributed by atoms with van der Waals surface area (Å²) < 4.78 is 24.3. The van der Waals surface area contributed by atoms with Crippen molar-refractivity contribution in [3.8, 4) is 0 Å². The van der Waals surface area contributed by atoms with Crippen molar-refractivity contribution in [1.82, 2.24) is 19.6 Å². The monoisotopic (exact) mass is 324 g/mol. The number of aryl methyl sites for hydroxylation is 1. The number of hydrogen-bond donors (Lipinski definition) is 2. The number of carbonyl (C=O) groups excluding carboxylic acids is 1. The average molecular weight is 324 g/mol. The first-order valence-corrected chi connectivity index (χ1v) is 8.51. The molecule has 0 aliphatic heterocycles. The van der Waals surface area contributed by atoms with Crippen LogP contribution in [0.25, 0.3) is 11.0 Å². The van der Waals surface area contributed by atoms with E-state index in [2.05, 4.69) is 15.3 Å². The van der Waals surface area contributed by atoms with Gasteiger partial charge >= 0.3 is 0 Å². The van der Waals surface area contributed by atoms with Crippen LogP contribution in [0.3, 0.4) is 0 Å². The van der Waals surface area contributed by atoms with Gasteiger partial charge in [0.05, 0.1) is 23.2 Å². The summed E-state index contributed by atoms with van der Waals surface area (Å²) in [6.07, 6.45) is 0.204. The van der Waals surface area contributed by atoms with Crippen LogP contribution in [-0.4, -0.2) is 55.0 Å². The molecule has 8 heteroatoms. The average Bonchev–Trinajstić information content (AvgIpc) is 2.77. The number of hydrogen-bond acceptors (Lipinski definition) is 4. The van der Waals surface area contributed by atoms with Gasteiger partial charge in [-0.25, -0.2) is 17.7 Å². The SMILES string of the molecule is Cc1nc2ccc(CC(=O)NCCS(=O)(=O)N(C)C)cc2[nH]1. The van der Waals surface area contributed by atoms with Crippen molar-refractivity contribution in [3.05, 3.63) is 29.6 Å². The molecule has 7 nitrogen and oxygen atoms in total. The predicted molar refractivity (Wildman–Crippen MR) is 85.0 cm³/mol. The van der Waals surface area contributed by atoms with Gasteiger partial charge in [0.25, 0.3) is 0 Å². The number of nitrogens with zero attached hydrogens (tertiary/aromatic N) is 2. The van der Waals surface area contributed by atoms with Gasteiger partial charge in [0, 0.05) is 20.6 Å². The standard InChI is InChI=1S/C14H20N4O3S/c1-10-16-12-5-4-11(8-13(12)17-10)9-14(19)15-6-7-22(20,21)18(2)3/h4-5,8H,6-7,9H2,1-3H3,(H,15,19)(H,16,17). The number of rotatable bonds is 6. The Hall–Kier alpha value is -1.93. The third-order valence-corrected chi connectivity index (χ3v) is 5.10. The smallest absolute Gasteiger partial charge is 0.224 e. The van der Waals surface area contributed by atoms with Gasteiger partial charge < -0.3 is 10.3 Å². The van der Waals surface area contributed by atoms with Crippen molar-refractivity contribution in [2.75, 3.05) is 26.4 Å². The molecule has 120 valence electrons. The van der Waals surface area contributed by atoms with Crippen molar-refractivity contribution in [2.24, 2.45) is 0 Å². The largest absolute Gasteiger partial charge is 0.355 e. The van der Waals surface area contributed by atoms with Gasteiger partial charge in [-0.2, -0.15) is 0 Å². The highest BCUT2D eigenvalue weighted by atomic mass is 32.2. The number of H-pyrrole nitrogens is 1. The summed E-state index contributed by atoms with van der Waals surface area (Å²) in [6, 6.07) is 5.59. The first-order chi connectivity index (χ1) is 10.3. The molecule has 2 N–H and O–H groups in total. The Morgan fingerprint density at radius 2 is 2.09 bits per heavy atom. The summed E-state index contributed by atoms with van der Waals surface area (Å²) >= 11 is 0. The van der Waals surface area contributed by atoms with Crippen LogP contribution in [0, 0.1) is 6.92 Å². The van der Waals surface area contributed by atoms with Crippen molar-refractivity contribution in [3.63, 3.8) is 0 Å². The Balaban J connectivity index is 1.91. The van der Waals surface area contributed by atoms with Gasteiger partial charge in [-0.15, -0.1) is 0 Å². The van der Waals surface area contributed by atoms with Gasteiger partial charge in [-0.05, 0) is 24.6 Å². The lowest BCUT2D eigenvalue weighted by Crippen LogP contribution is -2.34. The van der Waals surface area contributed by atoms with Crippen LogP contribution in [-0.2, 0) is 21.2 Å². The number of aromatic nitrogens is 2. The molecule has 2 rings (SSSR count). The summed E-state index contributed by atoms with van der Waals surface area (Å²) in [7, 11) is -0.345. The second-order valence-electron chi connectivity index (χ2n) is 5.30. The van der Waals surface area contributed by atoms with E-state index >= 15 is 0 Å². The van der Waals surface area contributed by atoms with Crippen molar-refractivity contribution in [2.45, 2.75) is 13.3 Å². The maximum atomic E-state index is 11.9. The highest BCUT2D eigenvalue weighted by Gasteiger charge is 2.13. The lowest BCUT2D eigenvalue weighted by Gasteiger charge is -2.11. The van der Waals surface area contributed by atoms with Crippen LogP contribution in [0.4, 0.5) is 0 Å². The van der Waals surface area contributed by atoms with Crippen molar-refractivity contribution < 1.29 is 13.2 Å². The van der Waals surface area contributed by atoms with Crippen LogP contribution in [0.1, 0.15) is 11.4 Å². The molecule has 22 heavy (non-hydrogen) atoms. The summed E-state index contributed by atoms with van der Waals surface area (Å²) in [5.41, 5.74) is 2.60. The maximum absolute atomic E-state index is 11.9. The van der Waals surface area contributed by atoms with Crippen LogP contribution in [0.2, 0.25) is 0 Å². The Kier molecular flexibility index (Phi) is 4.82. The highest BCUT2D eigenvalue weighted by Crippen LogP contribution is 2.13. The fraction of sp³-hybridized carbons (Fsp3) is 0.429. The Morgan fingerprint density at radius 3 is 2.77 bits per heavy atom. The van der Waals surface area contributed by atoms with Crippen molar-refractivity contribution in [1.29, 1.82) is 0 Å². The summed E-state index contributed by atoms with van der Waals surface area (Å²) in [4.78, 5) is 19.3. The highest BCUT2D eigenvalue weighted by molar-refractivity contribution is 7.89. The second-order valence-corrected chi connectivity index (χ2v) is 7.60. The van der Waals surface area contributed by atoms with Gasteiger partial charge in [0.2, 0.25) is 15.9 Å². The Bertz CT molecular complexity index is 780. The second kappa shape index (κ2) is 6.45. The maximum Gasteiger partial charge on any atom is 0.224 e. The third kappa shape index (κ3) is 4.05. The fourth-order valence-electron chi connectivity index (χ4n) is 2.04. The zero-order valence-corrected chi connectivity index (χ0v) is 13.7. The molecule has 0 bridgehead atoms. The van der Waals surface area contributed by atoms with Crippen LogP contribution >= 0.6 is 0 Å². The number of fused-ring (bicyclic) bond motifs is 1. The zero-order chi connectivity index (χ0) is 16.3. The summed E-state index contributed by atoms with van der Waals surface area (Å²) in [5.74, 6) is 0.514. The Morgan fingerprint density at radius 1 is 1.36 bits per heavy atom. The molecule has 0 spiro atoms.